The van der Waals surface area contributed by atoms with Gasteiger partial charge in [-0.15, -0.1) is 0 Å². The van der Waals surface area contributed by atoms with Crippen molar-refractivity contribution in [2.45, 2.75) is 6.23 Å². The largest absolute Gasteiger partial charge is 0.504 e. The number of aliphatic hydroxyl groups is 1. The van der Waals surface area contributed by atoms with Gasteiger partial charge in [0.2, 0.25) is 0 Å². The molecule has 0 aliphatic carbocycles. The summed E-state index contributed by atoms with van der Waals surface area (Å²) in [6, 6.07) is 4.15. The second kappa shape index (κ2) is 3.42. The Morgan fingerprint density at radius 2 is 1.92 bits per heavy atom. The van der Waals surface area contributed by atoms with Crippen molar-refractivity contribution in [3.63, 3.8) is 0 Å². The van der Waals surface area contributed by atoms with Crippen LogP contribution in [0.2, 0.25) is 0 Å². The molecule has 0 aliphatic rings. The number of hydrogen-bond donors (Lipinski definition) is 4. The standard InChI is InChI=1S/C8H11NO3/c1-9-8(12)5-2-3-6(10)7(11)4-5/h2-4,8-12H,1H3. The van der Waals surface area contributed by atoms with E-state index in [-0.39, 0.29) is 11.5 Å². The lowest BCUT2D eigenvalue weighted by Gasteiger charge is -2.09. The number of phenols is 2. The summed E-state index contributed by atoms with van der Waals surface area (Å²) in [6.45, 7) is 0. The molecule has 0 spiro atoms. The zero-order chi connectivity index (χ0) is 9.14. The fourth-order valence-corrected chi connectivity index (χ4v) is 0.877. The van der Waals surface area contributed by atoms with E-state index < -0.39 is 6.23 Å². The smallest absolute Gasteiger partial charge is 0.157 e. The maximum absolute atomic E-state index is 9.24. The zero-order valence-corrected chi connectivity index (χ0v) is 6.65. The molecule has 4 N–H and O–H groups in total. The zero-order valence-electron chi connectivity index (χ0n) is 6.65. The molecule has 1 aromatic rings. The van der Waals surface area contributed by atoms with Crippen molar-refractivity contribution in [3.8, 4) is 11.5 Å². The molecule has 1 atom stereocenters. The van der Waals surface area contributed by atoms with Crippen LogP contribution in [0.3, 0.4) is 0 Å². The molecule has 4 heteroatoms. The lowest BCUT2D eigenvalue weighted by molar-refractivity contribution is 0.149. The third kappa shape index (κ3) is 1.66. The van der Waals surface area contributed by atoms with Crippen LogP contribution >= 0.6 is 0 Å². The van der Waals surface area contributed by atoms with E-state index in [9.17, 15) is 5.11 Å². The van der Waals surface area contributed by atoms with E-state index in [0.717, 1.165) is 0 Å². The summed E-state index contributed by atoms with van der Waals surface area (Å²) in [5, 5.41) is 29.8. The second-order valence-electron chi connectivity index (χ2n) is 2.44. The lowest BCUT2D eigenvalue weighted by atomic mass is 10.2. The normalized spacial score (nSPS) is 12.8. The molecule has 0 aliphatic heterocycles. The number of benzene rings is 1. The Morgan fingerprint density at radius 1 is 1.25 bits per heavy atom. The summed E-state index contributed by atoms with van der Waals surface area (Å²) in [6.07, 6.45) is -0.823. The van der Waals surface area contributed by atoms with Crippen molar-refractivity contribution in [3.05, 3.63) is 23.8 Å². The average molecular weight is 169 g/mol. The average Bonchev–Trinajstić information content (AvgIpc) is 2.08. The lowest BCUT2D eigenvalue weighted by Crippen LogP contribution is -2.14. The highest BCUT2D eigenvalue weighted by Crippen LogP contribution is 2.26. The number of aromatic hydroxyl groups is 2. The maximum atomic E-state index is 9.24. The number of phenolic OH excluding ortho intramolecular Hbond substituents is 2. The van der Waals surface area contributed by atoms with E-state index in [4.69, 9.17) is 10.2 Å². The number of rotatable bonds is 2. The number of hydrogen-bond acceptors (Lipinski definition) is 4. The first-order valence-electron chi connectivity index (χ1n) is 3.52. The van der Waals surface area contributed by atoms with Gasteiger partial charge in [-0.05, 0) is 24.7 Å². The van der Waals surface area contributed by atoms with Crippen LogP contribution in [0, 0.1) is 0 Å². The fourth-order valence-electron chi connectivity index (χ4n) is 0.877. The maximum Gasteiger partial charge on any atom is 0.157 e. The molecule has 0 heterocycles. The molecule has 0 saturated carbocycles. The van der Waals surface area contributed by atoms with Gasteiger partial charge in [-0.2, -0.15) is 0 Å². The van der Waals surface area contributed by atoms with Gasteiger partial charge in [0, 0.05) is 0 Å². The van der Waals surface area contributed by atoms with Gasteiger partial charge in [-0.25, -0.2) is 0 Å². The Balaban J connectivity index is 2.96. The Morgan fingerprint density at radius 3 is 2.42 bits per heavy atom. The van der Waals surface area contributed by atoms with Crippen LogP contribution in [0.25, 0.3) is 0 Å². The molecule has 0 bridgehead atoms. The Labute approximate surface area is 70.1 Å². The molecular weight excluding hydrogens is 158 g/mol. The van der Waals surface area contributed by atoms with Gasteiger partial charge in [0.05, 0.1) is 0 Å². The minimum absolute atomic E-state index is 0.193. The quantitative estimate of drug-likeness (QED) is 0.380. The molecule has 66 valence electrons. The van der Waals surface area contributed by atoms with Crippen molar-refractivity contribution < 1.29 is 15.3 Å². The predicted molar refractivity (Wildman–Crippen MR) is 43.8 cm³/mol. The van der Waals surface area contributed by atoms with Crippen LogP contribution in [0.1, 0.15) is 11.8 Å². The Kier molecular flexibility index (Phi) is 2.52. The molecule has 12 heavy (non-hydrogen) atoms. The van der Waals surface area contributed by atoms with Crippen LogP contribution in [-0.2, 0) is 0 Å². The van der Waals surface area contributed by atoms with E-state index >= 15 is 0 Å². The van der Waals surface area contributed by atoms with E-state index in [0.29, 0.717) is 5.56 Å². The van der Waals surface area contributed by atoms with E-state index in [2.05, 4.69) is 5.32 Å². The summed E-state index contributed by atoms with van der Waals surface area (Å²) in [5.41, 5.74) is 0.507. The molecule has 0 amide bonds. The first kappa shape index (κ1) is 8.83. The van der Waals surface area contributed by atoms with E-state index in [1.165, 1.54) is 18.2 Å². The number of nitrogens with one attached hydrogen (secondary N) is 1. The molecule has 0 fully saturated rings. The molecule has 1 aromatic carbocycles. The van der Waals surface area contributed by atoms with Crippen LogP contribution < -0.4 is 5.32 Å². The summed E-state index contributed by atoms with van der Waals surface area (Å²) >= 11 is 0. The van der Waals surface area contributed by atoms with Crippen LogP contribution in [-0.4, -0.2) is 22.4 Å². The monoisotopic (exact) mass is 169 g/mol. The molecule has 1 unspecified atom stereocenters. The van der Waals surface area contributed by atoms with Gasteiger partial charge >= 0.3 is 0 Å². The first-order valence-corrected chi connectivity index (χ1v) is 3.52. The summed E-state index contributed by atoms with van der Waals surface area (Å²) in [4.78, 5) is 0. The summed E-state index contributed by atoms with van der Waals surface area (Å²) in [5.74, 6) is -0.427. The molecule has 0 radical (unpaired) electrons. The summed E-state index contributed by atoms with van der Waals surface area (Å²) in [7, 11) is 1.59. The third-order valence-electron chi connectivity index (χ3n) is 1.59. The SMILES string of the molecule is CNC(O)c1ccc(O)c(O)c1. The molecule has 1 rings (SSSR count). The van der Waals surface area contributed by atoms with Gasteiger partial charge in [0.1, 0.15) is 6.23 Å². The highest BCUT2D eigenvalue weighted by atomic mass is 16.3. The molecular formula is C8H11NO3. The van der Waals surface area contributed by atoms with Crippen LogP contribution in [0.4, 0.5) is 0 Å². The van der Waals surface area contributed by atoms with Gasteiger partial charge < -0.3 is 15.3 Å². The van der Waals surface area contributed by atoms with Gasteiger partial charge in [0.15, 0.2) is 11.5 Å². The molecule has 0 saturated heterocycles. The highest BCUT2D eigenvalue weighted by Gasteiger charge is 2.06. The second-order valence-corrected chi connectivity index (χ2v) is 2.44. The number of aliphatic hydroxyl groups excluding tert-OH is 1. The fraction of sp³-hybridized carbons (Fsp3) is 0.250. The molecule has 4 nitrogen and oxygen atoms in total. The Hall–Kier alpha value is -1.26. The third-order valence-corrected chi connectivity index (χ3v) is 1.59. The van der Waals surface area contributed by atoms with Crippen molar-refractivity contribution in [2.24, 2.45) is 0 Å². The van der Waals surface area contributed by atoms with Gasteiger partial charge in [0.25, 0.3) is 0 Å². The highest BCUT2D eigenvalue weighted by molar-refractivity contribution is 5.40. The van der Waals surface area contributed by atoms with Gasteiger partial charge in [-0.1, -0.05) is 6.07 Å². The topological polar surface area (TPSA) is 72.7 Å². The molecule has 0 aromatic heterocycles. The van der Waals surface area contributed by atoms with Crippen LogP contribution in [0.15, 0.2) is 18.2 Å². The van der Waals surface area contributed by atoms with Crippen molar-refractivity contribution in [2.75, 3.05) is 7.05 Å². The van der Waals surface area contributed by atoms with E-state index in [1.54, 1.807) is 7.05 Å². The summed E-state index contributed by atoms with van der Waals surface area (Å²) < 4.78 is 0. The van der Waals surface area contributed by atoms with E-state index in [1.807, 2.05) is 0 Å². The van der Waals surface area contributed by atoms with Crippen molar-refractivity contribution in [1.82, 2.24) is 5.32 Å². The van der Waals surface area contributed by atoms with Crippen molar-refractivity contribution >= 4 is 0 Å². The first-order chi connectivity index (χ1) is 5.65. The predicted octanol–water partition coefficient (Wildman–Crippen LogP) is 0.308. The Bertz CT molecular complexity index is 275. The van der Waals surface area contributed by atoms with Crippen molar-refractivity contribution in [1.29, 1.82) is 0 Å². The van der Waals surface area contributed by atoms with Gasteiger partial charge in [-0.3, -0.25) is 5.32 Å². The minimum Gasteiger partial charge on any atom is -0.504 e. The van der Waals surface area contributed by atoms with Crippen LogP contribution in [0.5, 0.6) is 11.5 Å². The minimum atomic E-state index is -0.823.